The zero-order chi connectivity index (χ0) is 15.7. The molecule has 0 amide bonds. The molecule has 0 aliphatic carbocycles. The molecule has 9 nitrogen and oxygen atoms in total. The Kier molecular flexibility index (Phi) is 7.83. The van der Waals surface area contributed by atoms with Gasteiger partial charge in [0.25, 0.3) is 0 Å². The van der Waals surface area contributed by atoms with Crippen molar-refractivity contribution in [1.82, 2.24) is 20.3 Å². The largest absolute Gasteiger partial charge is 0.395 e. The van der Waals surface area contributed by atoms with Gasteiger partial charge in [0.15, 0.2) is 0 Å². The molecule has 120 valence electrons. The Morgan fingerprint density at radius 1 is 0.857 bits per heavy atom. The number of aromatic nitrogens is 3. The van der Waals surface area contributed by atoms with Crippen molar-refractivity contribution in [2.24, 2.45) is 0 Å². The summed E-state index contributed by atoms with van der Waals surface area (Å²) in [6, 6.07) is 0. The van der Waals surface area contributed by atoms with Crippen LogP contribution in [0.25, 0.3) is 0 Å². The van der Waals surface area contributed by atoms with Gasteiger partial charge in [-0.25, -0.2) is 0 Å². The van der Waals surface area contributed by atoms with Gasteiger partial charge in [0.1, 0.15) is 5.82 Å². The zero-order valence-corrected chi connectivity index (χ0v) is 12.5. The van der Waals surface area contributed by atoms with Crippen molar-refractivity contribution in [3.05, 3.63) is 5.82 Å². The predicted octanol–water partition coefficient (Wildman–Crippen LogP) is -2.19. The van der Waals surface area contributed by atoms with Crippen molar-refractivity contribution in [2.75, 3.05) is 63.4 Å². The molecule has 1 heterocycles. The summed E-state index contributed by atoms with van der Waals surface area (Å²) < 4.78 is 0. The highest BCUT2D eigenvalue weighted by Gasteiger charge is 2.12. The van der Waals surface area contributed by atoms with Gasteiger partial charge in [-0.05, 0) is 0 Å². The third-order valence-electron chi connectivity index (χ3n) is 2.78. The van der Waals surface area contributed by atoms with Gasteiger partial charge in [-0.1, -0.05) is 0 Å². The Balaban J connectivity index is 2.95. The lowest BCUT2D eigenvalue weighted by Crippen LogP contribution is -2.29. The Labute approximate surface area is 124 Å². The Morgan fingerprint density at radius 3 is 1.81 bits per heavy atom. The van der Waals surface area contributed by atoms with Crippen LogP contribution >= 0.6 is 0 Å². The molecule has 0 fully saturated rings. The minimum Gasteiger partial charge on any atom is -0.395 e. The lowest BCUT2D eigenvalue weighted by atomic mass is 10.5. The van der Waals surface area contributed by atoms with E-state index >= 15 is 0 Å². The third-order valence-corrected chi connectivity index (χ3v) is 2.78. The molecule has 1 aromatic rings. The molecule has 0 spiro atoms. The second-order valence-electron chi connectivity index (χ2n) is 4.54. The molecule has 0 aromatic carbocycles. The van der Waals surface area contributed by atoms with E-state index in [2.05, 4.69) is 20.3 Å². The molecule has 0 atom stereocenters. The summed E-state index contributed by atoms with van der Waals surface area (Å²) in [4.78, 5) is 16.4. The molecule has 1 rings (SSSR count). The van der Waals surface area contributed by atoms with E-state index in [1.54, 1.807) is 23.9 Å². The summed E-state index contributed by atoms with van der Waals surface area (Å²) in [5.74, 6) is 1.46. The molecule has 4 N–H and O–H groups in total. The molecule has 21 heavy (non-hydrogen) atoms. The number of nitrogens with zero attached hydrogens (tertiary/aromatic N) is 5. The van der Waals surface area contributed by atoms with Crippen molar-refractivity contribution in [1.29, 1.82) is 0 Å². The maximum Gasteiger partial charge on any atom is 0.230 e. The first-order valence-corrected chi connectivity index (χ1v) is 6.83. The van der Waals surface area contributed by atoms with E-state index in [0.717, 1.165) is 0 Å². The number of anilines is 2. The van der Waals surface area contributed by atoms with E-state index in [0.29, 0.717) is 43.9 Å². The van der Waals surface area contributed by atoms with Crippen LogP contribution < -0.4 is 15.1 Å². The maximum absolute atomic E-state index is 9.01. The number of rotatable bonds is 10. The van der Waals surface area contributed by atoms with Crippen molar-refractivity contribution < 1.29 is 15.3 Å². The van der Waals surface area contributed by atoms with Crippen LogP contribution in [-0.4, -0.2) is 83.8 Å². The lowest BCUT2D eigenvalue weighted by molar-refractivity contribution is 0.291. The minimum absolute atomic E-state index is 0.00207. The van der Waals surface area contributed by atoms with Crippen LogP contribution in [0, 0.1) is 0 Å². The highest BCUT2D eigenvalue weighted by atomic mass is 16.3. The van der Waals surface area contributed by atoms with Gasteiger partial charge in [0, 0.05) is 33.7 Å². The summed E-state index contributed by atoms with van der Waals surface area (Å²) in [7, 11) is 3.57. The number of likely N-dealkylation sites (N-methyl/N-ethyl adjacent to an activating group) is 2. The van der Waals surface area contributed by atoms with Crippen LogP contribution in [0.3, 0.4) is 0 Å². The fourth-order valence-electron chi connectivity index (χ4n) is 1.60. The molecule has 0 saturated carbocycles. The molecule has 0 radical (unpaired) electrons. The average molecular weight is 300 g/mol. The van der Waals surface area contributed by atoms with E-state index < -0.39 is 0 Å². The van der Waals surface area contributed by atoms with E-state index in [9.17, 15) is 0 Å². The molecule has 0 aliphatic heterocycles. The molecule has 0 bridgehead atoms. The highest BCUT2D eigenvalue weighted by molar-refractivity contribution is 5.38. The molecule has 0 saturated heterocycles. The van der Waals surface area contributed by atoms with Crippen molar-refractivity contribution >= 4 is 11.9 Å². The number of nitrogens with one attached hydrogen (secondary N) is 1. The topological polar surface area (TPSA) is 118 Å². The summed E-state index contributed by atoms with van der Waals surface area (Å²) in [6.45, 7) is 1.73. The standard InChI is InChI=1S/C12H24N6O3/c1-17(4-7-20)11-14-10(9-13-3-6-19)15-12(16-11)18(2)5-8-21/h13,19-21H,3-9H2,1-2H3. The molecular formula is C12H24N6O3. The monoisotopic (exact) mass is 300 g/mol. The second kappa shape index (κ2) is 9.40. The summed E-state index contributed by atoms with van der Waals surface area (Å²) >= 11 is 0. The van der Waals surface area contributed by atoms with Crippen molar-refractivity contribution in [3.8, 4) is 0 Å². The van der Waals surface area contributed by atoms with Crippen molar-refractivity contribution in [3.63, 3.8) is 0 Å². The Bertz CT molecular complexity index is 390. The first kappa shape index (κ1) is 17.5. The van der Waals surface area contributed by atoms with Gasteiger partial charge >= 0.3 is 0 Å². The SMILES string of the molecule is CN(CCO)c1nc(CNCCO)nc(N(C)CCO)n1. The van der Waals surface area contributed by atoms with E-state index in [1.807, 2.05) is 0 Å². The van der Waals surface area contributed by atoms with Crippen molar-refractivity contribution in [2.45, 2.75) is 6.54 Å². The summed E-state index contributed by atoms with van der Waals surface area (Å²) in [6.07, 6.45) is 0. The predicted molar refractivity (Wildman–Crippen MR) is 79.3 cm³/mol. The highest BCUT2D eigenvalue weighted by Crippen LogP contribution is 2.12. The molecule has 0 aliphatic rings. The Morgan fingerprint density at radius 2 is 1.38 bits per heavy atom. The number of aliphatic hydroxyl groups is 3. The quantitative estimate of drug-likeness (QED) is 0.357. The van der Waals surface area contributed by atoms with Gasteiger partial charge in [-0.2, -0.15) is 15.0 Å². The molecule has 0 unspecified atom stereocenters. The summed E-state index contributed by atoms with van der Waals surface area (Å²) in [5.41, 5.74) is 0. The van der Waals surface area contributed by atoms with Crippen LogP contribution in [0.2, 0.25) is 0 Å². The zero-order valence-electron chi connectivity index (χ0n) is 12.5. The number of hydrogen-bond acceptors (Lipinski definition) is 9. The van der Waals surface area contributed by atoms with E-state index in [1.165, 1.54) is 0 Å². The van der Waals surface area contributed by atoms with Gasteiger partial charge in [0.2, 0.25) is 11.9 Å². The number of aliphatic hydroxyl groups excluding tert-OH is 3. The van der Waals surface area contributed by atoms with Crippen LogP contribution in [0.5, 0.6) is 0 Å². The first-order chi connectivity index (χ1) is 10.1. The van der Waals surface area contributed by atoms with Crippen LogP contribution in [0.15, 0.2) is 0 Å². The van der Waals surface area contributed by atoms with Gasteiger partial charge in [-0.15, -0.1) is 0 Å². The van der Waals surface area contributed by atoms with Crippen LogP contribution in [0.4, 0.5) is 11.9 Å². The number of hydrogen-bond donors (Lipinski definition) is 4. The van der Waals surface area contributed by atoms with Gasteiger partial charge in [-0.3, -0.25) is 0 Å². The average Bonchev–Trinajstić information content (AvgIpc) is 2.48. The maximum atomic E-state index is 9.01. The van der Waals surface area contributed by atoms with E-state index in [4.69, 9.17) is 15.3 Å². The second-order valence-corrected chi connectivity index (χ2v) is 4.54. The van der Waals surface area contributed by atoms with Gasteiger partial charge in [0.05, 0.1) is 26.4 Å². The minimum atomic E-state index is 0.00207. The van der Waals surface area contributed by atoms with Crippen LogP contribution in [0.1, 0.15) is 5.82 Å². The molecule has 9 heteroatoms. The fraction of sp³-hybridized carbons (Fsp3) is 0.750. The Hall–Kier alpha value is -1.55. The van der Waals surface area contributed by atoms with Crippen LogP contribution in [-0.2, 0) is 6.54 Å². The molecular weight excluding hydrogens is 276 g/mol. The normalized spacial score (nSPS) is 10.7. The van der Waals surface area contributed by atoms with Gasteiger partial charge < -0.3 is 30.4 Å². The lowest BCUT2D eigenvalue weighted by Gasteiger charge is -2.20. The first-order valence-electron chi connectivity index (χ1n) is 6.83. The molecule has 1 aromatic heterocycles. The smallest absolute Gasteiger partial charge is 0.230 e. The third kappa shape index (κ3) is 5.76. The summed E-state index contributed by atoms with van der Waals surface area (Å²) in [5, 5.41) is 29.8. The fourth-order valence-corrected chi connectivity index (χ4v) is 1.60. The van der Waals surface area contributed by atoms with E-state index in [-0.39, 0.29) is 19.8 Å².